The molecule has 2 heterocycles. The third-order valence-corrected chi connectivity index (χ3v) is 4.26. The molecule has 2 N–H and O–H groups in total. The molecule has 0 saturated carbocycles. The second kappa shape index (κ2) is 8.94. The molecule has 1 aromatic heterocycles. The van der Waals surface area contributed by atoms with Crippen LogP contribution in [0.5, 0.6) is 0 Å². The first-order valence-corrected chi connectivity index (χ1v) is 7.61. The third kappa shape index (κ3) is 5.28. The molecule has 0 amide bonds. The fourth-order valence-corrected chi connectivity index (χ4v) is 3.13. The second-order valence-corrected chi connectivity index (χ2v) is 5.78. The van der Waals surface area contributed by atoms with Crippen LogP contribution in [0, 0.1) is 0 Å². The van der Waals surface area contributed by atoms with Crippen molar-refractivity contribution >= 4 is 35.7 Å². The van der Waals surface area contributed by atoms with Crippen LogP contribution < -0.4 is 5.32 Å². The van der Waals surface area contributed by atoms with Crippen molar-refractivity contribution in [3.05, 3.63) is 36.0 Å². The monoisotopic (exact) mass is 383 g/mol. The Morgan fingerprint density at radius 2 is 1.79 bits per heavy atom. The van der Waals surface area contributed by atoms with Crippen LogP contribution in [0.4, 0.5) is 13.2 Å². The van der Waals surface area contributed by atoms with E-state index >= 15 is 0 Å². The molecule has 1 saturated heterocycles. The number of aromatic nitrogens is 1. The minimum atomic E-state index is -4.11. The lowest BCUT2D eigenvalue weighted by Crippen LogP contribution is -2.45. The Labute approximate surface area is 151 Å². The topological polar surface area (TPSA) is 31.1 Å². The van der Waals surface area contributed by atoms with Crippen LogP contribution in [0.15, 0.2) is 30.5 Å². The number of nitrogens with one attached hydrogen (secondary N) is 2. The molecule has 24 heavy (non-hydrogen) atoms. The Bertz CT molecular complexity index is 624. The van der Waals surface area contributed by atoms with Crippen LogP contribution in [0.25, 0.3) is 10.9 Å². The number of rotatable bonds is 4. The van der Waals surface area contributed by atoms with Crippen molar-refractivity contribution < 1.29 is 13.2 Å². The van der Waals surface area contributed by atoms with Gasteiger partial charge in [0.15, 0.2) is 0 Å². The van der Waals surface area contributed by atoms with Gasteiger partial charge in [0, 0.05) is 50.4 Å². The van der Waals surface area contributed by atoms with Crippen LogP contribution in [0.2, 0.25) is 0 Å². The summed E-state index contributed by atoms with van der Waals surface area (Å²) in [6.45, 7) is 3.23. The smallest absolute Gasteiger partial charge is 0.361 e. The number of alkyl halides is 3. The molecule has 3 rings (SSSR count). The van der Waals surface area contributed by atoms with Gasteiger partial charge in [-0.25, -0.2) is 0 Å². The van der Waals surface area contributed by atoms with E-state index in [9.17, 15) is 13.2 Å². The third-order valence-electron chi connectivity index (χ3n) is 4.26. The summed E-state index contributed by atoms with van der Waals surface area (Å²) in [5.41, 5.74) is 1.98. The van der Waals surface area contributed by atoms with Crippen LogP contribution in [-0.4, -0.2) is 42.2 Å². The minimum Gasteiger partial charge on any atom is -0.361 e. The zero-order chi connectivity index (χ0) is 15.6. The van der Waals surface area contributed by atoms with E-state index in [1.54, 1.807) is 0 Å². The van der Waals surface area contributed by atoms with Gasteiger partial charge in [0.1, 0.15) is 0 Å². The van der Waals surface area contributed by atoms with E-state index < -0.39 is 12.6 Å². The van der Waals surface area contributed by atoms with Gasteiger partial charge in [0.2, 0.25) is 0 Å². The number of H-pyrrole nitrogens is 1. The number of benzene rings is 1. The first-order chi connectivity index (χ1) is 10.5. The summed E-state index contributed by atoms with van der Waals surface area (Å²) >= 11 is 0. The van der Waals surface area contributed by atoms with E-state index in [2.05, 4.69) is 15.2 Å². The van der Waals surface area contributed by atoms with Gasteiger partial charge >= 0.3 is 6.18 Å². The molecular weight excluding hydrogens is 362 g/mol. The first kappa shape index (κ1) is 21.1. The van der Waals surface area contributed by atoms with Crippen molar-refractivity contribution in [3.63, 3.8) is 0 Å². The van der Waals surface area contributed by atoms with Gasteiger partial charge in [0.05, 0.1) is 0 Å². The van der Waals surface area contributed by atoms with Crippen LogP contribution >= 0.6 is 24.8 Å². The van der Waals surface area contributed by atoms with Gasteiger partial charge in [-0.1, -0.05) is 6.07 Å². The summed E-state index contributed by atoms with van der Waals surface area (Å²) in [5, 5.41) is 4.30. The lowest BCUT2D eigenvalue weighted by atomic mass is 9.98. The fraction of sp³-hybridized carbons (Fsp3) is 0.500. The average molecular weight is 384 g/mol. The van der Waals surface area contributed by atoms with Crippen molar-refractivity contribution in [1.82, 2.24) is 15.2 Å². The molecule has 0 spiro atoms. The van der Waals surface area contributed by atoms with Crippen molar-refractivity contribution in [3.8, 4) is 0 Å². The number of hydrogen-bond acceptors (Lipinski definition) is 2. The molecule has 0 radical (unpaired) electrons. The Balaban J connectivity index is 0.00000144. The molecule has 1 aromatic carbocycles. The maximum atomic E-state index is 12.7. The highest BCUT2D eigenvalue weighted by Crippen LogP contribution is 2.32. The molecule has 2 aromatic rings. The summed E-state index contributed by atoms with van der Waals surface area (Å²) in [4.78, 5) is 5.28. The first-order valence-electron chi connectivity index (χ1n) is 7.61. The highest BCUT2D eigenvalue weighted by Gasteiger charge is 2.31. The SMILES string of the molecule is Cl.Cl.FC(F)(F)CC[C@@H](c1ccc2[nH]ccc2c1)N1CCNCC1. The number of hydrogen-bond donors (Lipinski definition) is 2. The van der Waals surface area contributed by atoms with Crippen molar-refractivity contribution in [2.75, 3.05) is 26.2 Å². The zero-order valence-electron chi connectivity index (χ0n) is 13.1. The number of aromatic amines is 1. The molecule has 8 heteroatoms. The van der Waals surface area contributed by atoms with Crippen LogP contribution in [0.1, 0.15) is 24.4 Å². The highest BCUT2D eigenvalue weighted by molar-refractivity contribution is 5.85. The largest absolute Gasteiger partial charge is 0.389 e. The van der Waals surface area contributed by atoms with Gasteiger partial charge in [-0.05, 0) is 35.6 Å². The number of piperazine rings is 1. The summed E-state index contributed by atoms with van der Waals surface area (Å²) in [6.07, 6.45) is -2.89. The van der Waals surface area contributed by atoms with E-state index in [0.29, 0.717) is 0 Å². The molecule has 1 aliphatic rings. The molecular formula is C16H22Cl2F3N3. The molecule has 0 bridgehead atoms. The maximum Gasteiger partial charge on any atom is 0.389 e. The Hall–Kier alpha value is -0.950. The Morgan fingerprint density at radius 1 is 1.08 bits per heavy atom. The summed E-state index contributed by atoms with van der Waals surface area (Å²) in [5.74, 6) is 0. The lowest BCUT2D eigenvalue weighted by molar-refractivity contribution is -0.138. The van der Waals surface area contributed by atoms with Crippen LogP contribution in [0.3, 0.4) is 0 Å². The minimum absolute atomic E-state index is 0. The van der Waals surface area contributed by atoms with E-state index in [1.165, 1.54) is 0 Å². The normalized spacial score (nSPS) is 17.1. The summed E-state index contributed by atoms with van der Waals surface area (Å²) in [7, 11) is 0. The van der Waals surface area contributed by atoms with Gasteiger partial charge in [0.25, 0.3) is 0 Å². The van der Waals surface area contributed by atoms with Crippen LogP contribution in [-0.2, 0) is 0 Å². The second-order valence-electron chi connectivity index (χ2n) is 5.78. The predicted octanol–water partition coefficient (Wildman–Crippen LogP) is 4.30. The summed E-state index contributed by atoms with van der Waals surface area (Å²) in [6, 6.07) is 7.69. The Kier molecular flexibility index (Phi) is 7.86. The molecule has 0 unspecified atom stereocenters. The number of fused-ring (bicyclic) bond motifs is 1. The van der Waals surface area contributed by atoms with Gasteiger partial charge in [-0.15, -0.1) is 24.8 Å². The molecule has 1 atom stereocenters. The molecule has 136 valence electrons. The van der Waals surface area contributed by atoms with Crippen molar-refractivity contribution in [1.29, 1.82) is 0 Å². The fourth-order valence-electron chi connectivity index (χ4n) is 3.13. The predicted molar refractivity (Wildman–Crippen MR) is 95.3 cm³/mol. The zero-order valence-corrected chi connectivity index (χ0v) is 14.7. The van der Waals surface area contributed by atoms with Gasteiger partial charge in [-0.2, -0.15) is 13.2 Å². The summed E-state index contributed by atoms with van der Waals surface area (Å²) < 4.78 is 38.0. The maximum absolute atomic E-state index is 12.7. The molecule has 3 nitrogen and oxygen atoms in total. The van der Waals surface area contributed by atoms with E-state index in [-0.39, 0.29) is 37.3 Å². The standard InChI is InChI=1S/C16H20F3N3.2ClH/c17-16(18,19)5-3-15(22-9-7-20-8-10-22)13-1-2-14-12(11-13)4-6-21-14;;/h1-2,4,6,11,15,20-21H,3,5,7-10H2;2*1H/t15-;;/m0../s1. The van der Waals surface area contributed by atoms with Crippen molar-refractivity contribution in [2.45, 2.75) is 25.1 Å². The Morgan fingerprint density at radius 3 is 2.46 bits per heavy atom. The quantitative estimate of drug-likeness (QED) is 0.824. The van der Waals surface area contributed by atoms with E-state index in [0.717, 1.165) is 42.6 Å². The average Bonchev–Trinajstić information content (AvgIpc) is 2.95. The van der Waals surface area contributed by atoms with Crippen molar-refractivity contribution in [2.24, 2.45) is 0 Å². The van der Waals surface area contributed by atoms with E-state index in [4.69, 9.17) is 0 Å². The van der Waals surface area contributed by atoms with Gasteiger partial charge in [-0.3, -0.25) is 4.90 Å². The highest BCUT2D eigenvalue weighted by atomic mass is 35.5. The lowest BCUT2D eigenvalue weighted by Gasteiger charge is -2.35. The van der Waals surface area contributed by atoms with E-state index in [1.807, 2.05) is 30.5 Å². The molecule has 1 aliphatic heterocycles. The van der Waals surface area contributed by atoms with Gasteiger partial charge < -0.3 is 10.3 Å². The molecule has 1 fully saturated rings. The number of nitrogens with zero attached hydrogens (tertiary/aromatic N) is 1. The molecule has 0 aliphatic carbocycles. The number of halogens is 5.